The lowest BCUT2D eigenvalue weighted by atomic mass is 9.98. The third-order valence-corrected chi connectivity index (χ3v) is 2.75. The number of hydrogen-bond acceptors (Lipinski definition) is 5. The van der Waals surface area contributed by atoms with Gasteiger partial charge < -0.3 is 10.2 Å². The van der Waals surface area contributed by atoms with E-state index in [-0.39, 0.29) is 11.3 Å². The highest BCUT2D eigenvalue weighted by Gasteiger charge is 2.31. The molecule has 2 rings (SSSR count). The second-order valence-corrected chi connectivity index (χ2v) is 3.97. The SMILES string of the molecule is O=C(O)c1ccc(-c2ccccn2)c([N+](=O)[O-])c1C(=O)O. The Balaban J connectivity index is 2.86. The number of nitrogens with zero attached hydrogens (tertiary/aromatic N) is 2. The van der Waals surface area contributed by atoms with E-state index in [1.54, 1.807) is 12.1 Å². The minimum Gasteiger partial charge on any atom is -0.478 e. The molecule has 1 aromatic heterocycles. The van der Waals surface area contributed by atoms with E-state index in [0.717, 1.165) is 6.07 Å². The summed E-state index contributed by atoms with van der Waals surface area (Å²) in [5.74, 6) is -3.24. The van der Waals surface area contributed by atoms with Crippen LogP contribution in [0.4, 0.5) is 5.69 Å². The van der Waals surface area contributed by atoms with Gasteiger partial charge in [0.15, 0.2) is 5.56 Å². The van der Waals surface area contributed by atoms with Crippen LogP contribution in [-0.4, -0.2) is 32.1 Å². The first-order valence-electron chi connectivity index (χ1n) is 5.63. The van der Waals surface area contributed by atoms with Crippen molar-refractivity contribution in [2.24, 2.45) is 0 Å². The van der Waals surface area contributed by atoms with Crippen LogP contribution < -0.4 is 0 Å². The Morgan fingerprint density at radius 2 is 1.81 bits per heavy atom. The van der Waals surface area contributed by atoms with E-state index in [1.165, 1.54) is 18.3 Å². The molecule has 21 heavy (non-hydrogen) atoms. The molecule has 0 saturated carbocycles. The van der Waals surface area contributed by atoms with Gasteiger partial charge in [-0.15, -0.1) is 0 Å². The zero-order valence-corrected chi connectivity index (χ0v) is 10.4. The normalized spacial score (nSPS) is 10.1. The maximum Gasteiger partial charge on any atom is 0.343 e. The minimum atomic E-state index is -1.68. The first-order valence-corrected chi connectivity index (χ1v) is 5.63. The van der Waals surface area contributed by atoms with Crippen LogP contribution in [0.25, 0.3) is 11.3 Å². The molecule has 2 N–H and O–H groups in total. The fourth-order valence-corrected chi connectivity index (χ4v) is 1.90. The van der Waals surface area contributed by atoms with Gasteiger partial charge in [0.1, 0.15) is 0 Å². The second kappa shape index (κ2) is 5.37. The molecule has 0 spiro atoms. The van der Waals surface area contributed by atoms with Gasteiger partial charge in [0.05, 0.1) is 21.7 Å². The van der Waals surface area contributed by atoms with Crippen molar-refractivity contribution in [1.29, 1.82) is 0 Å². The van der Waals surface area contributed by atoms with E-state index in [1.807, 2.05) is 0 Å². The first kappa shape index (κ1) is 14.1. The van der Waals surface area contributed by atoms with Crippen molar-refractivity contribution in [3.8, 4) is 11.3 Å². The summed E-state index contributed by atoms with van der Waals surface area (Å²) in [6, 6.07) is 6.84. The molecule has 0 saturated heterocycles. The smallest absolute Gasteiger partial charge is 0.343 e. The van der Waals surface area contributed by atoms with Gasteiger partial charge in [0.2, 0.25) is 0 Å². The van der Waals surface area contributed by atoms with Crippen LogP contribution in [0.2, 0.25) is 0 Å². The Kier molecular flexibility index (Phi) is 3.61. The Morgan fingerprint density at radius 1 is 1.10 bits per heavy atom. The average molecular weight is 288 g/mol. The van der Waals surface area contributed by atoms with Crippen LogP contribution in [0.1, 0.15) is 20.7 Å². The molecule has 0 aliphatic heterocycles. The molecule has 106 valence electrons. The first-order chi connectivity index (χ1) is 9.93. The maximum atomic E-state index is 11.2. The van der Waals surface area contributed by atoms with E-state index in [4.69, 9.17) is 10.2 Å². The summed E-state index contributed by atoms with van der Waals surface area (Å²) in [4.78, 5) is 36.5. The summed E-state index contributed by atoms with van der Waals surface area (Å²) in [7, 11) is 0. The summed E-state index contributed by atoms with van der Waals surface area (Å²) in [6.45, 7) is 0. The van der Waals surface area contributed by atoms with Gasteiger partial charge in [-0.3, -0.25) is 15.1 Å². The van der Waals surface area contributed by atoms with Gasteiger partial charge in [-0.05, 0) is 24.3 Å². The number of carbonyl (C=O) groups is 2. The standard InChI is InChI=1S/C13H8N2O6/c16-12(17)8-5-4-7(9-3-1-2-6-14-9)11(15(20)21)10(8)13(18)19/h1-6H,(H,16,17)(H,18,19). The van der Waals surface area contributed by atoms with Crippen molar-refractivity contribution in [2.75, 3.05) is 0 Å². The Hall–Kier alpha value is -3.29. The van der Waals surface area contributed by atoms with Crippen LogP contribution in [-0.2, 0) is 0 Å². The summed E-state index contributed by atoms with van der Waals surface area (Å²) >= 11 is 0. The lowest BCUT2D eigenvalue weighted by Gasteiger charge is -2.07. The molecule has 0 aliphatic carbocycles. The van der Waals surface area contributed by atoms with Crippen molar-refractivity contribution in [2.45, 2.75) is 0 Å². The van der Waals surface area contributed by atoms with E-state index >= 15 is 0 Å². The van der Waals surface area contributed by atoms with E-state index in [9.17, 15) is 19.7 Å². The molecule has 1 heterocycles. The summed E-state index contributed by atoms with van der Waals surface area (Å²) in [6.07, 6.45) is 1.39. The van der Waals surface area contributed by atoms with Crippen molar-refractivity contribution < 1.29 is 24.7 Å². The quantitative estimate of drug-likeness (QED) is 0.650. The number of aromatic nitrogens is 1. The number of nitro benzene ring substituents is 1. The van der Waals surface area contributed by atoms with Gasteiger partial charge in [0.25, 0.3) is 5.69 Å². The molecule has 0 amide bonds. The number of carboxylic acid groups (broad SMARTS) is 2. The predicted octanol–water partition coefficient (Wildman–Crippen LogP) is 2.05. The summed E-state index contributed by atoms with van der Waals surface area (Å²) in [5, 5.41) is 29.3. The number of carboxylic acids is 2. The van der Waals surface area contributed by atoms with Crippen LogP contribution in [0.15, 0.2) is 36.5 Å². The topological polar surface area (TPSA) is 131 Å². The molecule has 0 unspecified atom stereocenters. The minimum absolute atomic E-state index is 0.0528. The van der Waals surface area contributed by atoms with Gasteiger partial charge >= 0.3 is 11.9 Å². The monoisotopic (exact) mass is 288 g/mol. The van der Waals surface area contributed by atoms with E-state index in [0.29, 0.717) is 0 Å². The number of pyridine rings is 1. The Morgan fingerprint density at radius 3 is 2.29 bits per heavy atom. The van der Waals surface area contributed by atoms with Gasteiger partial charge in [-0.1, -0.05) is 6.07 Å². The molecule has 0 bridgehead atoms. The zero-order chi connectivity index (χ0) is 15.6. The van der Waals surface area contributed by atoms with E-state index < -0.39 is 33.7 Å². The fraction of sp³-hybridized carbons (Fsp3) is 0. The number of rotatable bonds is 4. The molecular weight excluding hydrogens is 280 g/mol. The molecule has 8 nitrogen and oxygen atoms in total. The van der Waals surface area contributed by atoms with Gasteiger partial charge in [-0.25, -0.2) is 9.59 Å². The molecule has 0 radical (unpaired) electrons. The Bertz CT molecular complexity index is 742. The molecule has 0 aliphatic rings. The van der Waals surface area contributed by atoms with Crippen LogP contribution in [0.5, 0.6) is 0 Å². The van der Waals surface area contributed by atoms with Gasteiger partial charge in [-0.2, -0.15) is 0 Å². The van der Waals surface area contributed by atoms with Crippen molar-refractivity contribution in [1.82, 2.24) is 4.98 Å². The number of nitro groups is 1. The molecule has 0 fully saturated rings. The lowest BCUT2D eigenvalue weighted by Crippen LogP contribution is -2.12. The third kappa shape index (κ3) is 2.54. The molecule has 8 heteroatoms. The second-order valence-electron chi connectivity index (χ2n) is 3.97. The molecule has 1 aromatic carbocycles. The number of benzene rings is 1. The van der Waals surface area contributed by atoms with Crippen molar-refractivity contribution >= 4 is 17.6 Å². The molecular formula is C13H8N2O6. The van der Waals surface area contributed by atoms with Crippen LogP contribution in [0.3, 0.4) is 0 Å². The number of aromatic carboxylic acids is 2. The highest BCUT2D eigenvalue weighted by atomic mass is 16.6. The zero-order valence-electron chi connectivity index (χ0n) is 10.4. The van der Waals surface area contributed by atoms with Crippen LogP contribution in [0, 0.1) is 10.1 Å². The highest BCUT2D eigenvalue weighted by Crippen LogP contribution is 2.34. The average Bonchev–Trinajstić information content (AvgIpc) is 2.46. The summed E-state index contributed by atoms with van der Waals surface area (Å²) < 4.78 is 0. The van der Waals surface area contributed by atoms with Gasteiger partial charge in [0, 0.05) is 6.20 Å². The maximum absolute atomic E-state index is 11.2. The summed E-state index contributed by atoms with van der Waals surface area (Å²) in [5.41, 5.74) is -2.17. The fourth-order valence-electron chi connectivity index (χ4n) is 1.90. The molecule has 2 aromatic rings. The van der Waals surface area contributed by atoms with Crippen molar-refractivity contribution in [3.63, 3.8) is 0 Å². The Labute approximate surface area is 117 Å². The number of hydrogen-bond donors (Lipinski definition) is 2. The lowest BCUT2D eigenvalue weighted by molar-refractivity contribution is -0.384. The van der Waals surface area contributed by atoms with Crippen molar-refractivity contribution in [3.05, 3.63) is 57.8 Å². The predicted molar refractivity (Wildman–Crippen MR) is 70.2 cm³/mol. The van der Waals surface area contributed by atoms with Crippen LogP contribution >= 0.6 is 0 Å². The third-order valence-electron chi connectivity index (χ3n) is 2.75. The highest BCUT2D eigenvalue weighted by molar-refractivity contribution is 6.06. The largest absolute Gasteiger partial charge is 0.478 e. The van der Waals surface area contributed by atoms with E-state index in [2.05, 4.69) is 4.98 Å². The molecule has 0 atom stereocenters.